The molecule has 1 N–H and O–H groups in total. The second-order valence-electron chi connectivity index (χ2n) is 6.93. The number of halogens is 2. The fourth-order valence-electron chi connectivity index (χ4n) is 2.93. The summed E-state index contributed by atoms with van der Waals surface area (Å²) in [5.41, 5.74) is -0.956. The summed E-state index contributed by atoms with van der Waals surface area (Å²) in [6.07, 6.45) is 1.21. The highest BCUT2D eigenvalue weighted by molar-refractivity contribution is 6.32. The molecule has 0 aliphatic heterocycles. The van der Waals surface area contributed by atoms with Gasteiger partial charge in [0, 0.05) is 11.8 Å². The van der Waals surface area contributed by atoms with E-state index in [4.69, 9.17) is 21.1 Å². The van der Waals surface area contributed by atoms with Crippen molar-refractivity contribution >= 4 is 40.6 Å². The lowest BCUT2D eigenvalue weighted by Crippen LogP contribution is -2.13. The summed E-state index contributed by atoms with van der Waals surface area (Å²) >= 11 is 6.30. The number of rotatable bonds is 8. The first-order valence-electron chi connectivity index (χ1n) is 9.80. The van der Waals surface area contributed by atoms with Gasteiger partial charge in [0.25, 0.3) is 11.6 Å². The minimum atomic E-state index is -0.848. The Morgan fingerprint density at radius 1 is 1.08 bits per heavy atom. The number of nitro benzene ring substituents is 2. The van der Waals surface area contributed by atoms with E-state index in [1.807, 2.05) is 0 Å². The van der Waals surface area contributed by atoms with Crippen molar-refractivity contribution in [3.8, 4) is 23.3 Å². The van der Waals surface area contributed by atoms with Crippen molar-refractivity contribution in [2.24, 2.45) is 0 Å². The Kier molecular flexibility index (Phi) is 7.78. The van der Waals surface area contributed by atoms with Gasteiger partial charge in [-0.1, -0.05) is 11.6 Å². The molecule has 3 rings (SSSR count). The Morgan fingerprint density at radius 3 is 2.36 bits per heavy atom. The highest BCUT2D eigenvalue weighted by Crippen LogP contribution is 2.43. The van der Waals surface area contributed by atoms with Crippen molar-refractivity contribution < 1.29 is 28.5 Å². The molecule has 0 bridgehead atoms. The Balaban J connectivity index is 1.94. The van der Waals surface area contributed by atoms with Gasteiger partial charge in [0.1, 0.15) is 17.5 Å². The Hall–Kier alpha value is -5.02. The fourth-order valence-corrected chi connectivity index (χ4v) is 3.19. The maximum Gasteiger partial charge on any atom is 0.318 e. The second-order valence-corrected chi connectivity index (χ2v) is 7.34. The number of benzene rings is 3. The summed E-state index contributed by atoms with van der Waals surface area (Å²) < 4.78 is 23.9. The minimum Gasteiger partial charge on any atom is -0.493 e. The van der Waals surface area contributed by atoms with Gasteiger partial charge in [0.15, 0.2) is 11.5 Å². The highest BCUT2D eigenvalue weighted by atomic mass is 35.5. The van der Waals surface area contributed by atoms with Gasteiger partial charge < -0.3 is 14.8 Å². The quantitative estimate of drug-likeness (QED) is 0.176. The third-order valence-electron chi connectivity index (χ3n) is 4.59. The molecular formula is C23H14ClFN4O7. The van der Waals surface area contributed by atoms with Crippen LogP contribution in [-0.2, 0) is 4.79 Å². The Labute approximate surface area is 207 Å². The van der Waals surface area contributed by atoms with Crippen LogP contribution in [0.2, 0.25) is 5.02 Å². The van der Waals surface area contributed by atoms with E-state index in [0.29, 0.717) is 0 Å². The van der Waals surface area contributed by atoms with Gasteiger partial charge in [-0.05, 0) is 54.1 Å². The molecule has 0 heterocycles. The number of nitrogens with zero attached hydrogens (tertiary/aromatic N) is 3. The number of amides is 1. The molecule has 0 aliphatic rings. The number of methoxy groups -OCH3 is 1. The third kappa shape index (κ3) is 5.91. The van der Waals surface area contributed by atoms with E-state index in [1.165, 1.54) is 37.5 Å². The first kappa shape index (κ1) is 25.6. The van der Waals surface area contributed by atoms with Crippen LogP contribution in [0.15, 0.2) is 60.2 Å². The molecule has 1 amide bonds. The largest absolute Gasteiger partial charge is 0.493 e. The fraction of sp³-hybridized carbons (Fsp3) is 0.0435. The van der Waals surface area contributed by atoms with Gasteiger partial charge in [-0.2, -0.15) is 5.26 Å². The molecule has 0 atom stereocenters. The number of ether oxygens (including phenoxy) is 2. The number of anilines is 1. The van der Waals surface area contributed by atoms with Crippen molar-refractivity contribution in [3.63, 3.8) is 0 Å². The molecule has 13 heteroatoms. The van der Waals surface area contributed by atoms with Crippen molar-refractivity contribution in [1.82, 2.24) is 0 Å². The van der Waals surface area contributed by atoms with Gasteiger partial charge in [0.05, 0.1) is 28.0 Å². The van der Waals surface area contributed by atoms with Crippen LogP contribution in [0, 0.1) is 37.4 Å². The zero-order valence-corrected chi connectivity index (χ0v) is 19.0. The third-order valence-corrected chi connectivity index (χ3v) is 4.87. The number of carbonyl (C=O) groups excluding carboxylic acids is 1. The normalized spacial score (nSPS) is 10.8. The van der Waals surface area contributed by atoms with E-state index in [1.54, 1.807) is 6.07 Å². The smallest absolute Gasteiger partial charge is 0.318 e. The number of non-ortho nitro benzene ring substituents is 1. The number of hydrogen-bond acceptors (Lipinski definition) is 8. The SMILES string of the molecule is COc1cc(/C=C(\C#N)C(=O)Nc2ccc(F)cc2)cc(Cl)c1Oc1ccc([N+](=O)[O-])cc1[N+](=O)[O-]. The van der Waals surface area contributed by atoms with E-state index in [-0.39, 0.29) is 39.1 Å². The molecule has 182 valence electrons. The van der Waals surface area contributed by atoms with Crippen LogP contribution in [0.1, 0.15) is 5.56 Å². The van der Waals surface area contributed by atoms with E-state index in [0.717, 1.165) is 30.3 Å². The predicted molar refractivity (Wildman–Crippen MR) is 126 cm³/mol. The summed E-state index contributed by atoms with van der Waals surface area (Å²) in [4.78, 5) is 33.2. The van der Waals surface area contributed by atoms with E-state index < -0.39 is 32.9 Å². The number of hydrogen-bond donors (Lipinski definition) is 1. The molecule has 0 spiro atoms. The van der Waals surface area contributed by atoms with Crippen LogP contribution in [0.25, 0.3) is 6.08 Å². The molecule has 36 heavy (non-hydrogen) atoms. The van der Waals surface area contributed by atoms with Crippen LogP contribution >= 0.6 is 11.6 Å². The first-order valence-corrected chi connectivity index (χ1v) is 10.2. The molecule has 11 nitrogen and oxygen atoms in total. The van der Waals surface area contributed by atoms with Gasteiger partial charge in [-0.15, -0.1) is 0 Å². The summed E-state index contributed by atoms with van der Waals surface area (Å²) in [5, 5.41) is 34.1. The maximum absolute atomic E-state index is 13.1. The maximum atomic E-state index is 13.1. The van der Waals surface area contributed by atoms with Gasteiger partial charge >= 0.3 is 5.69 Å². The number of carbonyl (C=O) groups is 1. The average molecular weight is 513 g/mol. The summed E-state index contributed by atoms with van der Waals surface area (Å²) in [5.74, 6) is -1.72. The van der Waals surface area contributed by atoms with Crippen LogP contribution in [0.5, 0.6) is 17.2 Å². The van der Waals surface area contributed by atoms with E-state index in [9.17, 15) is 34.7 Å². The topological polar surface area (TPSA) is 158 Å². The molecule has 0 saturated carbocycles. The van der Waals surface area contributed by atoms with Gasteiger partial charge in [-0.25, -0.2) is 4.39 Å². The summed E-state index contributed by atoms with van der Waals surface area (Å²) in [6, 6.07) is 12.2. The number of nitriles is 1. The van der Waals surface area contributed by atoms with Crippen molar-refractivity contribution in [3.05, 3.63) is 96.8 Å². The monoisotopic (exact) mass is 512 g/mol. The molecule has 0 fully saturated rings. The second kappa shape index (κ2) is 10.9. The lowest BCUT2D eigenvalue weighted by molar-refractivity contribution is -0.394. The lowest BCUT2D eigenvalue weighted by atomic mass is 10.1. The molecule has 0 aromatic heterocycles. The standard InChI is InChI=1S/C23H14ClFN4O7/c1-35-21-10-13(8-14(12-26)23(30)27-16-4-2-15(25)3-5-16)9-18(24)22(21)36-20-7-6-17(28(31)32)11-19(20)29(33)34/h2-11H,1H3,(H,27,30)/b14-8+. The Bertz CT molecular complexity index is 1440. The van der Waals surface area contributed by atoms with Crippen LogP contribution in [0.4, 0.5) is 21.5 Å². The number of nitrogens with one attached hydrogen (secondary N) is 1. The zero-order valence-electron chi connectivity index (χ0n) is 18.2. The van der Waals surface area contributed by atoms with Crippen LogP contribution < -0.4 is 14.8 Å². The van der Waals surface area contributed by atoms with E-state index >= 15 is 0 Å². The summed E-state index contributed by atoms with van der Waals surface area (Å²) in [7, 11) is 1.27. The highest BCUT2D eigenvalue weighted by Gasteiger charge is 2.23. The molecular weight excluding hydrogens is 499 g/mol. The molecule has 3 aromatic carbocycles. The van der Waals surface area contributed by atoms with Crippen LogP contribution in [-0.4, -0.2) is 22.9 Å². The molecule has 0 radical (unpaired) electrons. The van der Waals surface area contributed by atoms with Crippen molar-refractivity contribution in [2.75, 3.05) is 12.4 Å². The Morgan fingerprint density at radius 2 is 1.78 bits per heavy atom. The van der Waals surface area contributed by atoms with Crippen molar-refractivity contribution in [2.45, 2.75) is 0 Å². The molecule has 3 aromatic rings. The lowest BCUT2D eigenvalue weighted by Gasteiger charge is -2.13. The van der Waals surface area contributed by atoms with Gasteiger partial charge in [0.2, 0.25) is 5.75 Å². The minimum absolute atomic E-state index is 0.00219. The van der Waals surface area contributed by atoms with Crippen LogP contribution in [0.3, 0.4) is 0 Å². The zero-order chi connectivity index (χ0) is 26.4. The molecule has 0 unspecified atom stereocenters. The average Bonchev–Trinajstić information content (AvgIpc) is 2.85. The molecule has 0 saturated heterocycles. The first-order chi connectivity index (χ1) is 17.1. The summed E-state index contributed by atoms with van der Waals surface area (Å²) in [6.45, 7) is 0. The predicted octanol–water partition coefficient (Wildman–Crippen LogP) is 5.64. The number of nitro groups is 2. The molecule has 0 aliphatic carbocycles. The van der Waals surface area contributed by atoms with Gasteiger partial charge in [-0.3, -0.25) is 25.0 Å². The van der Waals surface area contributed by atoms with E-state index in [2.05, 4.69) is 5.32 Å². The van der Waals surface area contributed by atoms with Crippen molar-refractivity contribution in [1.29, 1.82) is 5.26 Å².